The molecule has 0 bridgehead atoms. The molecule has 0 heterocycles. The minimum atomic E-state index is 0.548. The molecular formula is C13H20N4S. The van der Waals surface area contributed by atoms with Crippen LogP contribution in [0.15, 0.2) is 29.4 Å². The molecule has 1 aromatic rings. The largest absolute Gasteiger partial charge is 0.399 e. The lowest BCUT2D eigenvalue weighted by atomic mass is 10.1. The number of benzene rings is 1. The van der Waals surface area contributed by atoms with Crippen LogP contribution < -0.4 is 16.5 Å². The Morgan fingerprint density at radius 2 is 2.22 bits per heavy atom. The van der Waals surface area contributed by atoms with Crippen LogP contribution in [0.5, 0.6) is 0 Å². The maximum absolute atomic E-state index is 5.72. The lowest BCUT2D eigenvalue weighted by Crippen LogP contribution is -2.33. The van der Waals surface area contributed by atoms with Gasteiger partial charge < -0.3 is 11.1 Å². The van der Waals surface area contributed by atoms with Gasteiger partial charge in [-0.15, -0.1) is 0 Å². The molecule has 0 radical (unpaired) electrons. The lowest BCUT2D eigenvalue weighted by Gasteiger charge is -2.07. The zero-order chi connectivity index (χ0) is 13.4. The van der Waals surface area contributed by atoms with E-state index >= 15 is 0 Å². The number of hydrazone groups is 1. The Morgan fingerprint density at radius 3 is 2.89 bits per heavy atom. The van der Waals surface area contributed by atoms with Crippen molar-refractivity contribution < 1.29 is 0 Å². The second kappa shape index (κ2) is 7.66. The molecule has 4 N–H and O–H groups in total. The summed E-state index contributed by atoms with van der Waals surface area (Å²) in [5.74, 6) is 0. The van der Waals surface area contributed by atoms with Gasteiger partial charge in [0.2, 0.25) is 0 Å². The van der Waals surface area contributed by atoms with Gasteiger partial charge in [0, 0.05) is 12.2 Å². The number of rotatable bonds is 5. The number of thiocarbonyl (C=S) groups is 1. The van der Waals surface area contributed by atoms with E-state index in [0.717, 1.165) is 36.3 Å². The van der Waals surface area contributed by atoms with Crippen LogP contribution in [0.1, 0.15) is 32.3 Å². The Hall–Kier alpha value is -1.62. The Morgan fingerprint density at radius 1 is 1.44 bits per heavy atom. The van der Waals surface area contributed by atoms with E-state index in [-0.39, 0.29) is 0 Å². The zero-order valence-corrected chi connectivity index (χ0v) is 11.7. The average molecular weight is 264 g/mol. The summed E-state index contributed by atoms with van der Waals surface area (Å²) in [5, 5.41) is 7.86. The van der Waals surface area contributed by atoms with Crippen LogP contribution in [-0.2, 0) is 0 Å². The second-order valence-corrected chi connectivity index (χ2v) is 4.45. The Bertz CT molecular complexity index is 429. The van der Waals surface area contributed by atoms with Crippen molar-refractivity contribution in [2.24, 2.45) is 5.10 Å². The van der Waals surface area contributed by atoms with E-state index in [4.69, 9.17) is 18.0 Å². The molecule has 4 nitrogen and oxygen atoms in total. The molecule has 0 aliphatic carbocycles. The first-order chi connectivity index (χ1) is 8.63. The molecule has 0 aromatic heterocycles. The number of nitrogen functional groups attached to an aromatic ring is 1. The summed E-state index contributed by atoms with van der Waals surface area (Å²) in [7, 11) is 0. The Balaban J connectivity index is 2.49. The van der Waals surface area contributed by atoms with E-state index in [1.165, 1.54) is 0 Å². The number of anilines is 1. The van der Waals surface area contributed by atoms with Crippen molar-refractivity contribution in [1.82, 2.24) is 10.7 Å². The van der Waals surface area contributed by atoms with Crippen LogP contribution >= 0.6 is 12.2 Å². The molecule has 1 aromatic carbocycles. The highest BCUT2D eigenvalue weighted by Gasteiger charge is 1.98. The minimum absolute atomic E-state index is 0.548. The predicted molar refractivity (Wildman–Crippen MR) is 81.7 cm³/mol. The molecule has 0 aliphatic rings. The van der Waals surface area contributed by atoms with Crippen LogP contribution in [-0.4, -0.2) is 17.4 Å². The zero-order valence-electron chi connectivity index (χ0n) is 10.9. The summed E-state index contributed by atoms with van der Waals surface area (Å²) >= 11 is 5.11. The van der Waals surface area contributed by atoms with E-state index in [2.05, 4.69) is 22.8 Å². The van der Waals surface area contributed by atoms with E-state index in [9.17, 15) is 0 Å². The van der Waals surface area contributed by atoms with Gasteiger partial charge in [-0.05, 0) is 43.3 Å². The third kappa shape index (κ3) is 5.14. The normalized spacial score (nSPS) is 11.1. The van der Waals surface area contributed by atoms with Gasteiger partial charge in [0.1, 0.15) is 0 Å². The highest BCUT2D eigenvalue weighted by atomic mass is 32.1. The Labute approximate surface area is 114 Å². The fraction of sp³-hybridized carbons (Fsp3) is 0.385. The molecule has 0 unspecified atom stereocenters. The van der Waals surface area contributed by atoms with E-state index in [1.807, 2.05) is 31.2 Å². The first kappa shape index (κ1) is 14.4. The molecule has 1 rings (SSSR count). The molecule has 18 heavy (non-hydrogen) atoms. The van der Waals surface area contributed by atoms with Gasteiger partial charge in [0.15, 0.2) is 5.11 Å². The molecular weight excluding hydrogens is 244 g/mol. The molecule has 0 atom stereocenters. The van der Waals surface area contributed by atoms with Gasteiger partial charge in [-0.25, -0.2) is 0 Å². The van der Waals surface area contributed by atoms with Crippen molar-refractivity contribution >= 4 is 28.7 Å². The fourth-order valence-corrected chi connectivity index (χ4v) is 1.53. The van der Waals surface area contributed by atoms with Crippen molar-refractivity contribution in [1.29, 1.82) is 0 Å². The van der Waals surface area contributed by atoms with E-state index in [0.29, 0.717) is 5.11 Å². The summed E-state index contributed by atoms with van der Waals surface area (Å²) in [6.07, 6.45) is 2.24. The van der Waals surface area contributed by atoms with Crippen molar-refractivity contribution in [3.63, 3.8) is 0 Å². The number of unbranched alkanes of at least 4 members (excludes halogenated alkanes) is 1. The molecule has 0 saturated heterocycles. The monoisotopic (exact) mass is 264 g/mol. The predicted octanol–water partition coefficient (Wildman–Crippen LogP) is 2.26. The third-order valence-corrected chi connectivity index (χ3v) is 2.68. The van der Waals surface area contributed by atoms with Crippen LogP contribution in [0.4, 0.5) is 5.69 Å². The SMILES string of the molecule is CCCCNC(=S)N/N=C(\C)c1cccc(N)c1. The highest BCUT2D eigenvalue weighted by molar-refractivity contribution is 7.80. The number of nitrogens with two attached hydrogens (primary N) is 1. The molecule has 5 heteroatoms. The average Bonchev–Trinajstić information content (AvgIpc) is 2.36. The lowest BCUT2D eigenvalue weighted by molar-refractivity contribution is 0.745. The number of hydrogen-bond donors (Lipinski definition) is 3. The fourth-order valence-electron chi connectivity index (χ4n) is 1.38. The molecule has 98 valence electrons. The highest BCUT2D eigenvalue weighted by Crippen LogP contribution is 2.07. The summed E-state index contributed by atoms with van der Waals surface area (Å²) in [5.41, 5.74) is 11.1. The van der Waals surface area contributed by atoms with Crippen molar-refractivity contribution in [2.75, 3.05) is 12.3 Å². The van der Waals surface area contributed by atoms with Crippen molar-refractivity contribution in [3.8, 4) is 0 Å². The van der Waals surface area contributed by atoms with Crippen LogP contribution in [0.3, 0.4) is 0 Å². The van der Waals surface area contributed by atoms with Gasteiger partial charge in [-0.2, -0.15) is 5.10 Å². The van der Waals surface area contributed by atoms with Gasteiger partial charge in [-0.1, -0.05) is 25.5 Å². The smallest absolute Gasteiger partial charge is 0.186 e. The van der Waals surface area contributed by atoms with E-state index in [1.54, 1.807) is 0 Å². The molecule has 0 fully saturated rings. The molecule has 0 aliphatic heterocycles. The van der Waals surface area contributed by atoms with Crippen molar-refractivity contribution in [2.45, 2.75) is 26.7 Å². The summed E-state index contributed by atoms with van der Waals surface area (Å²) in [4.78, 5) is 0. The molecule has 0 saturated carbocycles. The van der Waals surface area contributed by atoms with Crippen LogP contribution in [0.2, 0.25) is 0 Å². The number of nitrogens with zero attached hydrogens (tertiary/aromatic N) is 1. The summed E-state index contributed by atoms with van der Waals surface area (Å²) in [6, 6.07) is 7.60. The summed E-state index contributed by atoms with van der Waals surface area (Å²) < 4.78 is 0. The third-order valence-electron chi connectivity index (χ3n) is 2.45. The maximum Gasteiger partial charge on any atom is 0.186 e. The topological polar surface area (TPSA) is 62.4 Å². The Kier molecular flexibility index (Phi) is 6.14. The van der Waals surface area contributed by atoms with Crippen LogP contribution in [0.25, 0.3) is 0 Å². The van der Waals surface area contributed by atoms with Gasteiger partial charge in [0.25, 0.3) is 0 Å². The van der Waals surface area contributed by atoms with Crippen LogP contribution in [0, 0.1) is 0 Å². The maximum atomic E-state index is 5.72. The molecule has 0 amide bonds. The van der Waals surface area contributed by atoms with Crippen molar-refractivity contribution in [3.05, 3.63) is 29.8 Å². The van der Waals surface area contributed by atoms with E-state index < -0.39 is 0 Å². The number of nitrogens with one attached hydrogen (secondary N) is 2. The van der Waals surface area contributed by atoms with Gasteiger partial charge >= 0.3 is 0 Å². The minimum Gasteiger partial charge on any atom is -0.399 e. The molecule has 0 spiro atoms. The standard InChI is InChI=1S/C13H20N4S/c1-3-4-8-15-13(18)17-16-10(2)11-6-5-7-12(14)9-11/h5-7,9H,3-4,8,14H2,1-2H3,(H2,15,17,18)/b16-10+. The van der Waals surface area contributed by atoms with Gasteiger partial charge in [0.05, 0.1) is 5.71 Å². The quantitative estimate of drug-likeness (QED) is 0.251. The summed E-state index contributed by atoms with van der Waals surface area (Å²) in [6.45, 7) is 4.92. The first-order valence-corrected chi connectivity index (χ1v) is 6.48. The first-order valence-electron chi connectivity index (χ1n) is 6.07. The number of hydrogen-bond acceptors (Lipinski definition) is 3. The second-order valence-electron chi connectivity index (χ2n) is 4.04. The van der Waals surface area contributed by atoms with Gasteiger partial charge in [-0.3, -0.25) is 5.43 Å².